The average Bonchev–Trinajstić information content (AvgIpc) is 3.17. The molecule has 27 heavy (non-hydrogen) atoms. The minimum atomic E-state index is 0.0128. The molecule has 3 aromatic rings. The van der Waals surface area contributed by atoms with Crippen molar-refractivity contribution in [3.05, 3.63) is 60.1 Å². The number of nitrogens with zero attached hydrogens (tertiary/aromatic N) is 4. The first-order valence-corrected chi connectivity index (χ1v) is 8.80. The van der Waals surface area contributed by atoms with Gasteiger partial charge in [-0.05, 0) is 43.2 Å². The minimum Gasteiger partial charge on any atom is -0.508 e. The Kier molecular flexibility index (Phi) is 5.80. The van der Waals surface area contributed by atoms with Gasteiger partial charge in [-0.15, -0.1) is 0 Å². The van der Waals surface area contributed by atoms with Gasteiger partial charge in [0, 0.05) is 32.1 Å². The standard InChI is InChI=1S/C20H22N4O3/c1-14(13-15-6-8-16(25)9-7-15)24(2)19(26)11-10-18-22-20(23-27-18)17-5-3-4-12-21-17/h3-9,12,14,25H,10-11,13H2,1-2H3/t14-/m0/s1. The number of aryl methyl sites for hydroxylation is 1. The van der Waals surface area contributed by atoms with E-state index in [9.17, 15) is 9.90 Å². The fraction of sp³-hybridized carbons (Fsp3) is 0.300. The van der Waals surface area contributed by atoms with Crippen LogP contribution >= 0.6 is 0 Å². The summed E-state index contributed by atoms with van der Waals surface area (Å²) in [5.41, 5.74) is 1.70. The molecule has 0 saturated carbocycles. The van der Waals surface area contributed by atoms with Crippen molar-refractivity contribution in [1.82, 2.24) is 20.0 Å². The Balaban J connectivity index is 1.52. The largest absolute Gasteiger partial charge is 0.508 e. The Morgan fingerprint density at radius 1 is 1.22 bits per heavy atom. The summed E-state index contributed by atoms with van der Waals surface area (Å²) in [5, 5.41) is 13.3. The number of amides is 1. The van der Waals surface area contributed by atoms with Gasteiger partial charge in [0.1, 0.15) is 11.4 Å². The van der Waals surface area contributed by atoms with E-state index in [1.54, 1.807) is 36.3 Å². The summed E-state index contributed by atoms with van der Waals surface area (Å²) in [6, 6.07) is 12.5. The molecule has 0 aliphatic heterocycles. The zero-order valence-electron chi connectivity index (χ0n) is 15.4. The van der Waals surface area contributed by atoms with Gasteiger partial charge < -0.3 is 14.5 Å². The lowest BCUT2D eigenvalue weighted by atomic mass is 10.1. The van der Waals surface area contributed by atoms with E-state index < -0.39 is 0 Å². The number of aromatic nitrogens is 3. The number of pyridine rings is 1. The summed E-state index contributed by atoms with van der Waals surface area (Å²) in [5.74, 6) is 1.09. The SMILES string of the molecule is C[C@@H](Cc1ccc(O)cc1)N(C)C(=O)CCc1nc(-c2ccccn2)no1. The highest BCUT2D eigenvalue weighted by Gasteiger charge is 2.18. The lowest BCUT2D eigenvalue weighted by molar-refractivity contribution is -0.131. The summed E-state index contributed by atoms with van der Waals surface area (Å²) < 4.78 is 5.22. The van der Waals surface area contributed by atoms with Crippen LogP contribution in [0.5, 0.6) is 5.75 Å². The Morgan fingerprint density at radius 3 is 2.70 bits per heavy atom. The van der Waals surface area contributed by atoms with Crippen molar-refractivity contribution in [2.24, 2.45) is 0 Å². The third-order valence-corrected chi connectivity index (χ3v) is 4.44. The molecule has 1 aromatic carbocycles. The lowest BCUT2D eigenvalue weighted by Crippen LogP contribution is -2.36. The molecule has 0 aliphatic carbocycles. The molecular weight excluding hydrogens is 344 g/mol. The second-order valence-corrected chi connectivity index (χ2v) is 6.45. The van der Waals surface area contributed by atoms with Crippen LogP contribution in [-0.2, 0) is 17.6 Å². The maximum atomic E-state index is 12.5. The topological polar surface area (TPSA) is 92.3 Å². The van der Waals surface area contributed by atoms with Crippen molar-refractivity contribution in [3.8, 4) is 17.3 Å². The number of hydrogen-bond donors (Lipinski definition) is 1. The van der Waals surface area contributed by atoms with E-state index in [1.807, 2.05) is 31.2 Å². The Hall–Kier alpha value is -3.22. The van der Waals surface area contributed by atoms with Crippen LogP contribution in [0.25, 0.3) is 11.5 Å². The zero-order valence-corrected chi connectivity index (χ0v) is 15.4. The van der Waals surface area contributed by atoms with E-state index in [4.69, 9.17) is 4.52 Å². The van der Waals surface area contributed by atoms with Crippen LogP contribution in [0.15, 0.2) is 53.2 Å². The van der Waals surface area contributed by atoms with E-state index in [2.05, 4.69) is 15.1 Å². The Labute approximate surface area is 157 Å². The molecule has 1 N–H and O–H groups in total. The number of rotatable bonds is 7. The van der Waals surface area contributed by atoms with Gasteiger partial charge in [-0.2, -0.15) is 4.98 Å². The van der Waals surface area contributed by atoms with Gasteiger partial charge in [0.25, 0.3) is 0 Å². The van der Waals surface area contributed by atoms with Crippen LogP contribution < -0.4 is 0 Å². The van der Waals surface area contributed by atoms with Crippen molar-refractivity contribution in [3.63, 3.8) is 0 Å². The van der Waals surface area contributed by atoms with Gasteiger partial charge in [0.15, 0.2) is 0 Å². The average molecular weight is 366 g/mol. The van der Waals surface area contributed by atoms with Gasteiger partial charge in [-0.25, -0.2) is 0 Å². The molecule has 7 heteroatoms. The lowest BCUT2D eigenvalue weighted by Gasteiger charge is -2.25. The molecular formula is C20H22N4O3. The molecule has 2 heterocycles. The van der Waals surface area contributed by atoms with Crippen LogP contribution in [0.1, 0.15) is 24.8 Å². The molecule has 0 aliphatic rings. The monoisotopic (exact) mass is 366 g/mol. The molecule has 0 fully saturated rings. The number of aromatic hydroxyl groups is 1. The van der Waals surface area contributed by atoms with Crippen LogP contribution in [0, 0.1) is 0 Å². The molecule has 0 radical (unpaired) electrons. The quantitative estimate of drug-likeness (QED) is 0.691. The van der Waals surface area contributed by atoms with Gasteiger partial charge in [0.2, 0.25) is 17.6 Å². The summed E-state index contributed by atoms with van der Waals surface area (Å²) in [4.78, 5) is 22.7. The fourth-order valence-electron chi connectivity index (χ4n) is 2.70. The molecule has 0 spiro atoms. The maximum Gasteiger partial charge on any atom is 0.227 e. The number of phenolic OH excluding ortho intramolecular Hbond substituents is 1. The smallest absolute Gasteiger partial charge is 0.227 e. The van der Waals surface area contributed by atoms with Crippen molar-refractivity contribution in [2.75, 3.05) is 7.05 Å². The van der Waals surface area contributed by atoms with Crippen LogP contribution in [0.4, 0.5) is 0 Å². The highest BCUT2D eigenvalue weighted by molar-refractivity contribution is 5.76. The van der Waals surface area contributed by atoms with Crippen molar-refractivity contribution in [1.29, 1.82) is 0 Å². The molecule has 140 valence electrons. The first-order chi connectivity index (χ1) is 13.0. The fourth-order valence-corrected chi connectivity index (χ4v) is 2.70. The number of likely N-dealkylation sites (N-methyl/N-ethyl adjacent to an activating group) is 1. The minimum absolute atomic E-state index is 0.0128. The molecule has 2 aromatic heterocycles. The van der Waals surface area contributed by atoms with Crippen LogP contribution in [-0.4, -0.2) is 44.1 Å². The number of phenols is 1. The molecule has 0 saturated heterocycles. The Morgan fingerprint density at radius 2 is 2.00 bits per heavy atom. The maximum absolute atomic E-state index is 12.5. The molecule has 1 atom stereocenters. The first-order valence-electron chi connectivity index (χ1n) is 8.80. The molecule has 1 amide bonds. The van der Waals surface area contributed by atoms with E-state index in [-0.39, 0.29) is 17.7 Å². The normalized spacial score (nSPS) is 11.9. The number of benzene rings is 1. The van der Waals surface area contributed by atoms with Gasteiger partial charge in [-0.3, -0.25) is 9.78 Å². The van der Waals surface area contributed by atoms with Gasteiger partial charge >= 0.3 is 0 Å². The molecule has 3 rings (SSSR count). The predicted molar refractivity (Wildman–Crippen MR) is 99.9 cm³/mol. The number of carbonyl (C=O) groups excluding carboxylic acids is 1. The number of hydrogen-bond acceptors (Lipinski definition) is 6. The predicted octanol–water partition coefficient (Wildman–Crippen LogP) is 2.86. The van der Waals surface area contributed by atoms with E-state index in [1.165, 1.54) is 0 Å². The Bertz CT molecular complexity index is 878. The second-order valence-electron chi connectivity index (χ2n) is 6.45. The van der Waals surface area contributed by atoms with Crippen molar-refractivity contribution < 1.29 is 14.4 Å². The summed E-state index contributed by atoms with van der Waals surface area (Å²) in [6.07, 6.45) is 3.06. The van der Waals surface area contributed by atoms with Gasteiger partial charge in [0.05, 0.1) is 0 Å². The highest BCUT2D eigenvalue weighted by Crippen LogP contribution is 2.15. The highest BCUT2D eigenvalue weighted by atomic mass is 16.5. The van der Waals surface area contributed by atoms with E-state index in [0.29, 0.717) is 36.7 Å². The summed E-state index contributed by atoms with van der Waals surface area (Å²) in [6.45, 7) is 2.00. The van der Waals surface area contributed by atoms with E-state index >= 15 is 0 Å². The molecule has 0 bridgehead atoms. The zero-order chi connectivity index (χ0) is 19.2. The summed E-state index contributed by atoms with van der Waals surface area (Å²) in [7, 11) is 1.79. The summed E-state index contributed by atoms with van der Waals surface area (Å²) >= 11 is 0. The van der Waals surface area contributed by atoms with Crippen LogP contribution in [0.2, 0.25) is 0 Å². The molecule has 0 unspecified atom stereocenters. The second kappa shape index (κ2) is 8.44. The first kappa shape index (κ1) is 18.6. The third-order valence-electron chi connectivity index (χ3n) is 4.44. The third kappa shape index (κ3) is 4.91. The number of carbonyl (C=O) groups is 1. The van der Waals surface area contributed by atoms with Crippen molar-refractivity contribution in [2.45, 2.75) is 32.2 Å². The van der Waals surface area contributed by atoms with Crippen LogP contribution in [0.3, 0.4) is 0 Å². The van der Waals surface area contributed by atoms with Crippen molar-refractivity contribution >= 4 is 5.91 Å². The van der Waals surface area contributed by atoms with Gasteiger partial charge in [-0.1, -0.05) is 23.4 Å². The van der Waals surface area contributed by atoms with E-state index in [0.717, 1.165) is 5.56 Å². The molecule has 7 nitrogen and oxygen atoms in total.